The molecule has 0 saturated heterocycles. The number of carbonyl (C=O) groups excluding carboxylic acids is 2. The first-order valence-electron chi connectivity index (χ1n) is 10.2. The third-order valence-electron chi connectivity index (χ3n) is 5.06. The van der Waals surface area contributed by atoms with Gasteiger partial charge < -0.3 is 14.5 Å². The Hall–Kier alpha value is -2.32. The highest BCUT2D eigenvalue weighted by Crippen LogP contribution is 2.38. The molecule has 2 aromatic heterocycles. The number of hydrogen-bond acceptors (Lipinski definition) is 7. The zero-order valence-corrected chi connectivity index (χ0v) is 18.7. The van der Waals surface area contributed by atoms with Gasteiger partial charge in [-0.1, -0.05) is 30.3 Å². The summed E-state index contributed by atoms with van der Waals surface area (Å²) in [6, 6.07) is 7.50. The number of rotatable bonds is 6. The summed E-state index contributed by atoms with van der Waals surface area (Å²) in [5.41, 5.74) is 3.04. The Balaban J connectivity index is 1.53. The quantitative estimate of drug-likeness (QED) is 0.309. The number of para-hydroxylation sites is 2. The van der Waals surface area contributed by atoms with Gasteiger partial charge in [0.1, 0.15) is 10.5 Å². The lowest BCUT2D eigenvalue weighted by Gasteiger charge is -2.11. The summed E-state index contributed by atoms with van der Waals surface area (Å²) in [5.74, 6) is -0.546. The standard InChI is InChI=1S/C22H24N2O4S2/c1-3-27-21(26)18-14-9-5-4-6-12-17(14)30-20(18)24-19(25)13(2)29-22-23-15-10-7-8-11-16(15)28-22/h7-8,10-11,13H,3-6,9,12H2,1-2H3,(H,24,25). The lowest BCUT2D eigenvalue weighted by molar-refractivity contribution is -0.115. The van der Waals surface area contributed by atoms with Crippen molar-refractivity contribution in [2.45, 2.75) is 56.4 Å². The van der Waals surface area contributed by atoms with E-state index >= 15 is 0 Å². The maximum absolute atomic E-state index is 12.9. The van der Waals surface area contributed by atoms with E-state index in [2.05, 4.69) is 10.3 Å². The number of benzene rings is 1. The van der Waals surface area contributed by atoms with Gasteiger partial charge in [-0.25, -0.2) is 9.78 Å². The average Bonchev–Trinajstić information content (AvgIpc) is 3.20. The molecular formula is C22H24N2O4S2. The van der Waals surface area contributed by atoms with Crippen LogP contribution in [0.15, 0.2) is 33.9 Å². The van der Waals surface area contributed by atoms with E-state index in [4.69, 9.17) is 9.15 Å². The molecule has 1 N–H and O–H groups in total. The topological polar surface area (TPSA) is 81.4 Å². The van der Waals surface area contributed by atoms with Crippen molar-refractivity contribution in [3.8, 4) is 0 Å². The van der Waals surface area contributed by atoms with Crippen molar-refractivity contribution in [2.24, 2.45) is 0 Å². The van der Waals surface area contributed by atoms with Gasteiger partial charge in [-0.05, 0) is 57.2 Å². The Bertz CT molecular complexity index is 1040. The Kier molecular flexibility index (Phi) is 6.43. The lowest BCUT2D eigenvalue weighted by Crippen LogP contribution is -2.23. The number of fused-ring (bicyclic) bond motifs is 2. The van der Waals surface area contributed by atoms with Crippen molar-refractivity contribution in [1.82, 2.24) is 4.98 Å². The second kappa shape index (κ2) is 9.22. The van der Waals surface area contributed by atoms with Crippen molar-refractivity contribution in [1.29, 1.82) is 0 Å². The van der Waals surface area contributed by atoms with Crippen LogP contribution in [0.2, 0.25) is 0 Å². The van der Waals surface area contributed by atoms with Crippen LogP contribution in [0.4, 0.5) is 5.00 Å². The average molecular weight is 445 g/mol. The number of aryl methyl sites for hydroxylation is 1. The van der Waals surface area contributed by atoms with Crippen LogP contribution in [0.3, 0.4) is 0 Å². The van der Waals surface area contributed by atoms with Crippen LogP contribution in [0.1, 0.15) is 53.9 Å². The van der Waals surface area contributed by atoms with Gasteiger partial charge in [0.25, 0.3) is 5.22 Å². The molecule has 0 aliphatic heterocycles. The Labute approximate surface area is 183 Å². The molecule has 30 heavy (non-hydrogen) atoms. The molecule has 0 radical (unpaired) electrons. The molecule has 3 aromatic rings. The van der Waals surface area contributed by atoms with E-state index < -0.39 is 5.25 Å². The van der Waals surface area contributed by atoms with Crippen molar-refractivity contribution < 1.29 is 18.7 Å². The minimum absolute atomic E-state index is 0.191. The molecule has 1 amide bonds. The molecule has 0 bridgehead atoms. The van der Waals surface area contributed by atoms with E-state index in [0.717, 1.165) is 43.2 Å². The Morgan fingerprint density at radius 1 is 1.27 bits per heavy atom. The van der Waals surface area contributed by atoms with E-state index in [-0.39, 0.29) is 11.9 Å². The predicted octanol–water partition coefficient (Wildman–Crippen LogP) is 5.45. The van der Waals surface area contributed by atoms with E-state index in [1.54, 1.807) is 13.8 Å². The predicted molar refractivity (Wildman–Crippen MR) is 119 cm³/mol. The van der Waals surface area contributed by atoms with Gasteiger partial charge in [0.05, 0.1) is 17.4 Å². The van der Waals surface area contributed by atoms with Crippen LogP contribution in [0.5, 0.6) is 0 Å². The number of aromatic nitrogens is 1. The second-order valence-corrected chi connectivity index (χ2v) is 9.58. The maximum atomic E-state index is 12.9. The number of carbonyl (C=O) groups is 2. The molecule has 1 aliphatic carbocycles. The molecule has 0 spiro atoms. The van der Waals surface area contributed by atoms with Crippen molar-refractivity contribution in [3.05, 3.63) is 40.3 Å². The van der Waals surface area contributed by atoms with Gasteiger partial charge in [-0.3, -0.25) is 4.79 Å². The Morgan fingerprint density at radius 3 is 2.87 bits per heavy atom. The van der Waals surface area contributed by atoms with Gasteiger partial charge in [0.2, 0.25) is 5.91 Å². The maximum Gasteiger partial charge on any atom is 0.341 e. The lowest BCUT2D eigenvalue weighted by atomic mass is 10.1. The van der Waals surface area contributed by atoms with Crippen LogP contribution in [0.25, 0.3) is 11.1 Å². The highest BCUT2D eigenvalue weighted by atomic mass is 32.2. The number of hydrogen-bond donors (Lipinski definition) is 1. The molecule has 0 fully saturated rings. The number of esters is 1. The molecule has 1 unspecified atom stereocenters. The molecule has 0 saturated carbocycles. The van der Waals surface area contributed by atoms with E-state index in [1.165, 1.54) is 28.0 Å². The summed E-state index contributed by atoms with van der Waals surface area (Å²) in [4.78, 5) is 31.2. The van der Waals surface area contributed by atoms with Crippen molar-refractivity contribution >= 4 is 51.1 Å². The first kappa shape index (κ1) is 20.9. The first-order chi connectivity index (χ1) is 14.6. The Morgan fingerprint density at radius 2 is 2.07 bits per heavy atom. The number of anilines is 1. The minimum Gasteiger partial charge on any atom is -0.462 e. The molecule has 8 heteroatoms. The van der Waals surface area contributed by atoms with Gasteiger partial charge in [-0.2, -0.15) is 0 Å². The fourth-order valence-corrected chi connectivity index (χ4v) is 5.61. The summed E-state index contributed by atoms with van der Waals surface area (Å²) in [6.07, 6.45) is 5.10. The largest absolute Gasteiger partial charge is 0.462 e. The monoisotopic (exact) mass is 444 g/mol. The third kappa shape index (κ3) is 4.39. The fraction of sp³-hybridized carbons (Fsp3) is 0.409. The number of amides is 1. The van der Waals surface area contributed by atoms with Gasteiger partial charge in [-0.15, -0.1) is 11.3 Å². The molecule has 4 rings (SSSR count). The second-order valence-electron chi connectivity index (χ2n) is 7.19. The fourth-order valence-electron chi connectivity index (χ4n) is 3.57. The van der Waals surface area contributed by atoms with Gasteiger partial charge in [0.15, 0.2) is 5.58 Å². The van der Waals surface area contributed by atoms with E-state index in [1.807, 2.05) is 24.3 Å². The molecule has 6 nitrogen and oxygen atoms in total. The van der Waals surface area contributed by atoms with Crippen LogP contribution >= 0.6 is 23.1 Å². The minimum atomic E-state index is -0.435. The molecule has 158 valence electrons. The number of ether oxygens (including phenoxy) is 1. The normalized spacial score (nSPS) is 14.7. The highest BCUT2D eigenvalue weighted by molar-refractivity contribution is 8.00. The van der Waals surface area contributed by atoms with Crippen LogP contribution in [-0.2, 0) is 22.4 Å². The van der Waals surface area contributed by atoms with Crippen LogP contribution in [0, 0.1) is 0 Å². The number of thioether (sulfide) groups is 1. The number of nitrogens with one attached hydrogen (secondary N) is 1. The number of thiophene rings is 1. The van der Waals surface area contributed by atoms with Crippen molar-refractivity contribution in [3.63, 3.8) is 0 Å². The number of nitrogens with zero attached hydrogens (tertiary/aromatic N) is 1. The van der Waals surface area contributed by atoms with Gasteiger partial charge in [0, 0.05) is 4.88 Å². The zero-order chi connectivity index (χ0) is 21.1. The zero-order valence-electron chi connectivity index (χ0n) is 17.0. The van der Waals surface area contributed by atoms with Crippen LogP contribution in [-0.4, -0.2) is 28.7 Å². The molecule has 1 atom stereocenters. The molecule has 1 aliphatic rings. The number of oxazole rings is 1. The third-order valence-corrected chi connectivity index (χ3v) is 7.21. The van der Waals surface area contributed by atoms with Crippen molar-refractivity contribution in [2.75, 3.05) is 11.9 Å². The molecule has 2 heterocycles. The first-order valence-corrected chi connectivity index (χ1v) is 11.9. The summed E-state index contributed by atoms with van der Waals surface area (Å²) < 4.78 is 11.0. The summed E-state index contributed by atoms with van der Waals surface area (Å²) >= 11 is 2.76. The SMILES string of the molecule is CCOC(=O)c1c(NC(=O)C(C)Sc2nc3ccccc3o2)sc2c1CCCCC2. The van der Waals surface area contributed by atoms with Crippen LogP contribution < -0.4 is 5.32 Å². The molecule has 1 aromatic carbocycles. The molecular weight excluding hydrogens is 420 g/mol. The van der Waals surface area contributed by atoms with E-state index in [0.29, 0.717) is 28.0 Å². The summed E-state index contributed by atoms with van der Waals surface area (Å²) in [5, 5.41) is 3.58. The summed E-state index contributed by atoms with van der Waals surface area (Å²) in [7, 11) is 0. The smallest absolute Gasteiger partial charge is 0.341 e. The van der Waals surface area contributed by atoms with Gasteiger partial charge >= 0.3 is 5.97 Å². The van der Waals surface area contributed by atoms with E-state index in [9.17, 15) is 9.59 Å². The summed E-state index contributed by atoms with van der Waals surface area (Å²) in [6.45, 7) is 3.90. The highest BCUT2D eigenvalue weighted by Gasteiger charge is 2.28.